The van der Waals surface area contributed by atoms with E-state index in [1.54, 1.807) is 0 Å². The van der Waals surface area contributed by atoms with Gasteiger partial charge in [0.05, 0.1) is 17.9 Å². The number of aliphatic carboxylic acids is 1. The number of carbonyl (C=O) groups excluding carboxylic acids is 4. The number of nitrogens with zero attached hydrogens (tertiary/aromatic N) is 2. The van der Waals surface area contributed by atoms with Gasteiger partial charge in [-0.1, -0.05) is 0 Å². The van der Waals surface area contributed by atoms with Crippen molar-refractivity contribution in [2.75, 3.05) is 18.0 Å². The molecule has 2 aliphatic rings. The highest BCUT2D eigenvalue weighted by Crippen LogP contribution is 2.25. The molecule has 0 spiro atoms. The van der Waals surface area contributed by atoms with E-state index < -0.39 is 41.6 Å². The van der Waals surface area contributed by atoms with Gasteiger partial charge in [-0.3, -0.25) is 14.4 Å². The van der Waals surface area contributed by atoms with Crippen molar-refractivity contribution in [3.8, 4) is 0 Å². The molecule has 3 atom stereocenters. The highest BCUT2D eigenvalue weighted by atomic mass is 19.1. The number of halogens is 1. The Balaban J connectivity index is 1.60. The lowest BCUT2D eigenvalue weighted by molar-refractivity contribution is -0.310. The molecule has 2 saturated heterocycles. The summed E-state index contributed by atoms with van der Waals surface area (Å²) in [7, 11) is 0. The van der Waals surface area contributed by atoms with E-state index in [-0.39, 0.29) is 18.9 Å². The molecule has 1 N–H and O–H groups in total. The van der Waals surface area contributed by atoms with Crippen LogP contribution in [0.15, 0.2) is 24.3 Å². The van der Waals surface area contributed by atoms with E-state index in [1.165, 1.54) is 41.0 Å². The molecule has 2 aliphatic heterocycles. The maximum atomic E-state index is 13.1. The van der Waals surface area contributed by atoms with E-state index in [0.717, 1.165) is 0 Å². The van der Waals surface area contributed by atoms with Crippen LogP contribution in [-0.4, -0.2) is 53.8 Å². The van der Waals surface area contributed by atoms with Crippen LogP contribution in [0.2, 0.25) is 0 Å². The molecule has 3 amide bonds. The number of hydrogen-bond acceptors (Lipinski definition) is 5. The molecule has 0 aliphatic carbocycles. The van der Waals surface area contributed by atoms with Crippen LogP contribution < -0.4 is 15.3 Å². The van der Waals surface area contributed by atoms with E-state index in [0.29, 0.717) is 25.1 Å². The predicted molar refractivity (Wildman–Crippen MR) is 94.2 cm³/mol. The van der Waals surface area contributed by atoms with E-state index in [4.69, 9.17) is 0 Å². The zero-order chi connectivity index (χ0) is 20.4. The summed E-state index contributed by atoms with van der Waals surface area (Å²) in [6.45, 7) is 1.92. The zero-order valence-corrected chi connectivity index (χ0v) is 15.4. The maximum absolute atomic E-state index is 13.1. The van der Waals surface area contributed by atoms with E-state index in [1.807, 2.05) is 0 Å². The van der Waals surface area contributed by atoms with Gasteiger partial charge in [-0.2, -0.15) is 0 Å². The summed E-state index contributed by atoms with van der Waals surface area (Å²) in [5.74, 6) is -3.58. The minimum Gasteiger partial charge on any atom is -0.548 e. The number of likely N-dealkylation sites (tertiary alicyclic amines) is 1. The van der Waals surface area contributed by atoms with Gasteiger partial charge in [0.15, 0.2) is 0 Å². The number of hydrogen-bond donors (Lipinski definition) is 1. The first-order valence-electron chi connectivity index (χ1n) is 9.15. The lowest BCUT2D eigenvalue weighted by Gasteiger charge is -2.28. The number of amides is 3. The van der Waals surface area contributed by atoms with Gasteiger partial charge in [0.25, 0.3) is 0 Å². The first-order valence-corrected chi connectivity index (χ1v) is 9.15. The molecule has 0 radical (unpaired) electrons. The molecular formula is C19H21FN3O5-. The van der Waals surface area contributed by atoms with Gasteiger partial charge in [0.2, 0.25) is 17.7 Å². The van der Waals surface area contributed by atoms with Crippen LogP contribution in [0.3, 0.4) is 0 Å². The second-order valence-corrected chi connectivity index (χ2v) is 7.12. The normalized spacial score (nSPS) is 23.0. The predicted octanol–water partition coefficient (Wildman–Crippen LogP) is -0.576. The number of nitrogens with one attached hydrogen (secondary N) is 1. The fourth-order valence-corrected chi connectivity index (χ4v) is 3.67. The number of rotatable bonds is 5. The third kappa shape index (κ3) is 3.97. The summed E-state index contributed by atoms with van der Waals surface area (Å²) in [4.78, 5) is 51.0. The second-order valence-electron chi connectivity index (χ2n) is 7.12. The van der Waals surface area contributed by atoms with Crippen molar-refractivity contribution in [3.05, 3.63) is 30.1 Å². The van der Waals surface area contributed by atoms with Crippen LogP contribution in [0, 0.1) is 11.7 Å². The standard InChI is InChI=1S/C19H22FN3O5/c1-11(18(26)22-8-2-3-15(22)19(27)28)21-17(25)12-9-16(24)23(10-12)14-6-4-13(20)5-7-14/h4-7,11-12,15H,2-3,8-10H2,1H3,(H,21,25)(H,27,28)/p-1/t11-,12+,15+/m0/s1. The van der Waals surface area contributed by atoms with Crippen molar-refractivity contribution in [1.29, 1.82) is 0 Å². The van der Waals surface area contributed by atoms with Crippen LogP contribution in [0.4, 0.5) is 10.1 Å². The molecule has 2 fully saturated rings. The molecule has 28 heavy (non-hydrogen) atoms. The fraction of sp³-hybridized carbons (Fsp3) is 0.474. The van der Waals surface area contributed by atoms with Crippen LogP contribution >= 0.6 is 0 Å². The topological polar surface area (TPSA) is 110 Å². The second kappa shape index (κ2) is 7.95. The number of carboxylic acids is 1. The lowest BCUT2D eigenvalue weighted by atomic mass is 10.1. The Morgan fingerprint density at radius 2 is 1.93 bits per heavy atom. The van der Waals surface area contributed by atoms with E-state index >= 15 is 0 Å². The third-order valence-corrected chi connectivity index (χ3v) is 5.17. The van der Waals surface area contributed by atoms with Gasteiger partial charge in [-0.25, -0.2) is 4.39 Å². The van der Waals surface area contributed by atoms with Crippen molar-refractivity contribution < 1.29 is 28.7 Å². The molecule has 0 bridgehead atoms. The molecule has 1 aromatic rings. The molecule has 9 heteroatoms. The van der Waals surface area contributed by atoms with Gasteiger partial charge < -0.3 is 25.0 Å². The Kier molecular flexibility index (Phi) is 5.62. The van der Waals surface area contributed by atoms with E-state index in [2.05, 4.69) is 5.32 Å². The fourth-order valence-electron chi connectivity index (χ4n) is 3.67. The first kappa shape index (κ1) is 19.8. The number of anilines is 1. The molecule has 3 rings (SSSR count). The van der Waals surface area contributed by atoms with Crippen LogP contribution in [-0.2, 0) is 19.2 Å². The summed E-state index contributed by atoms with van der Waals surface area (Å²) >= 11 is 0. The number of carbonyl (C=O) groups is 4. The average Bonchev–Trinajstić information content (AvgIpc) is 3.28. The minimum atomic E-state index is -1.30. The van der Waals surface area contributed by atoms with Gasteiger partial charge in [0.1, 0.15) is 11.9 Å². The van der Waals surface area contributed by atoms with Crippen LogP contribution in [0.25, 0.3) is 0 Å². The van der Waals surface area contributed by atoms with Crippen LogP contribution in [0.1, 0.15) is 26.2 Å². The largest absolute Gasteiger partial charge is 0.548 e. The summed E-state index contributed by atoms with van der Waals surface area (Å²) in [6, 6.07) is 3.51. The summed E-state index contributed by atoms with van der Waals surface area (Å²) < 4.78 is 13.1. The lowest BCUT2D eigenvalue weighted by Crippen LogP contribution is -2.53. The van der Waals surface area contributed by atoms with Gasteiger partial charge >= 0.3 is 0 Å². The number of carboxylic acid groups (broad SMARTS) is 1. The van der Waals surface area contributed by atoms with Crippen molar-refractivity contribution in [1.82, 2.24) is 10.2 Å². The average molecular weight is 390 g/mol. The highest BCUT2D eigenvalue weighted by Gasteiger charge is 2.37. The minimum absolute atomic E-state index is 0.0183. The van der Waals surface area contributed by atoms with E-state index in [9.17, 15) is 28.7 Å². The zero-order valence-electron chi connectivity index (χ0n) is 15.4. The third-order valence-electron chi connectivity index (χ3n) is 5.17. The molecule has 1 aromatic carbocycles. The SMILES string of the molecule is C[C@H](NC(=O)[C@@H]1CC(=O)N(c2ccc(F)cc2)C1)C(=O)N1CCC[C@@H]1C(=O)[O-]. The van der Waals surface area contributed by atoms with Crippen molar-refractivity contribution in [2.45, 2.75) is 38.3 Å². The molecule has 8 nitrogen and oxygen atoms in total. The van der Waals surface area contributed by atoms with Gasteiger partial charge in [-0.15, -0.1) is 0 Å². The van der Waals surface area contributed by atoms with Crippen molar-refractivity contribution in [3.63, 3.8) is 0 Å². The quantitative estimate of drug-likeness (QED) is 0.724. The highest BCUT2D eigenvalue weighted by molar-refractivity contribution is 6.01. The Bertz CT molecular complexity index is 797. The Labute approximate surface area is 161 Å². The molecule has 2 heterocycles. The summed E-state index contributed by atoms with van der Waals surface area (Å²) in [5, 5.41) is 13.7. The van der Waals surface area contributed by atoms with Gasteiger partial charge in [-0.05, 0) is 44.0 Å². The Morgan fingerprint density at radius 1 is 1.25 bits per heavy atom. The van der Waals surface area contributed by atoms with Crippen molar-refractivity contribution in [2.24, 2.45) is 5.92 Å². The van der Waals surface area contributed by atoms with Crippen LogP contribution in [0.5, 0.6) is 0 Å². The molecule has 0 unspecified atom stereocenters. The first-order chi connectivity index (χ1) is 13.3. The molecular weight excluding hydrogens is 369 g/mol. The summed E-state index contributed by atoms with van der Waals surface area (Å²) in [5.41, 5.74) is 0.500. The summed E-state index contributed by atoms with van der Waals surface area (Å²) in [6.07, 6.45) is 0.878. The number of benzene rings is 1. The monoisotopic (exact) mass is 390 g/mol. The van der Waals surface area contributed by atoms with Gasteiger partial charge in [0, 0.05) is 25.2 Å². The Morgan fingerprint density at radius 3 is 2.57 bits per heavy atom. The smallest absolute Gasteiger partial charge is 0.245 e. The molecule has 0 saturated carbocycles. The molecule has 150 valence electrons. The van der Waals surface area contributed by atoms with Crippen molar-refractivity contribution >= 4 is 29.4 Å². The Hall–Kier alpha value is -2.97. The maximum Gasteiger partial charge on any atom is 0.245 e. The molecule has 0 aromatic heterocycles.